The summed E-state index contributed by atoms with van der Waals surface area (Å²) in [7, 11) is 2.01. The van der Waals surface area contributed by atoms with Crippen LogP contribution in [-0.4, -0.2) is 18.0 Å². The fourth-order valence-corrected chi connectivity index (χ4v) is 3.32. The number of rotatable bonds is 8. The highest BCUT2D eigenvalue weighted by Crippen LogP contribution is 2.28. The third-order valence-electron chi connectivity index (χ3n) is 4.53. The summed E-state index contributed by atoms with van der Waals surface area (Å²) in [5.74, 6) is 0. The number of nitrogens with one attached hydrogen (secondary N) is 1. The summed E-state index contributed by atoms with van der Waals surface area (Å²) in [6, 6.07) is 7.77. The number of unbranched alkanes of at least 4 members (excludes halogenated alkanes) is 2. The highest BCUT2D eigenvalue weighted by atomic mass is 15.2. The minimum Gasteiger partial charge on any atom is -0.316 e. The first-order valence-electron chi connectivity index (χ1n) is 8.27. The zero-order valence-electron chi connectivity index (χ0n) is 13.4. The van der Waals surface area contributed by atoms with E-state index in [4.69, 9.17) is 0 Å². The monoisotopic (exact) mass is 274 g/mol. The van der Waals surface area contributed by atoms with Gasteiger partial charge in [0.25, 0.3) is 0 Å². The van der Waals surface area contributed by atoms with Crippen LogP contribution in [-0.2, 0) is 19.6 Å². The van der Waals surface area contributed by atoms with Gasteiger partial charge in [0.2, 0.25) is 0 Å². The van der Waals surface area contributed by atoms with Crippen molar-refractivity contribution in [2.24, 2.45) is 0 Å². The van der Waals surface area contributed by atoms with Crippen molar-refractivity contribution in [1.82, 2.24) is 10.2 Å². The smallest absolute Gasteiger partial charge is 0.0243 e. The van der Waals surface area contributed by atoms with Crippen molar-refractivity contribution < 1.29 is 0 Å². The van der Waals surface area contributed by atoms with Gasteiger partial charge in [-0.15, -0.1) is 0 Å². The van der Waals surface area contributed by atoms with Crippen LogP contribution in [0.4, 0.5) is 0 Å². The molecule has 1 aliphatic heterocycles. The maximum absolute atomic E-state index is 3.24. The number of nitrogens with zero attached hydrogens (tertiary/aromatic N) is 1. The molecule has 112 valence electrons. The van der Waals surface area contributed by atoms with Gasteiger partial charge in [-0.1, -0.05) is 51.3 Å². The second kappa shape index (κ2) is 7.80. The van der Waals surface area contributed by atoms with E-state index in [1.165, 1.54) is 37.7 Å². The van der Waals surface area contributed by atoms with Gasteiger partial charge in [0.05, 0.1) is 0 Å². The Morgan fingerprint density at radius 1 is 1.15 bits per heavy atom. The average Bonchev–Trinajstić information content (AvgIpc) is 2.87. The van der Waals surface area contributed by atoms with E-state index in [2.05, 4.69) is 42.3 Å². The highest BCUT2D eigenvalue weighted by molar-refractivity contribution is 5.35. The van der Waals surface area contributed by atoms with Crippen LogP contribution in [0.15, 0.2) is 18.2 Å². The third-order valence-corrected chi connectivity index (χ3v) is 4.53. The van der Waals surface area contributed by atoms with Gasteiger partial charge in [0.1, 0.15) is 0 Å². The van der Waals surface area contributed by atoms with E-state index in [9.17, 15) is 0 Å². The van der Waals surface area contributed by atoms with Gasteiger partial charge in [-0.25, -0.2) is 0 Å². The van der Waals surface area contributed by atoms with Crippen LogP contribution < -0.4 is 5.32 Å². The molecule has 1 atom stereocenters. The summed E-state index contributed by atoms with van der Waals surface area (Å²) in [4.78, 5) is 2.68. The molecule has 0 amide bonds. The van der Waals surface area contributed by atoms with Gasteiger partial charge in [0, 0.05) is 25.7 Å². The Bertz CT molecular complexity index is 414. The summed E-state index contributed by atoms with van der Waals surface area (Å²) >= 11 is 0. The maximum Gasteiger partial charge on any atom is 0.0243 e. The van der Waals surface area contributed by atoms with Gasteiger partial charge in [-0.3, -0.25) is 4.90 Å². The van der Waals surface area contributed by atoms with Gasteiger partial charge in [-0.05, 0) is 36.6 Å². The van der Waals surface area contributed by atoms with Gasteiger partial charge >= 0.3 is 0 Å². The van der Waals surface area contributed by atoms with Crippen LogP contribution in [0.3, 0.4) is 0 Å². The van der Waals surface area contributed by atoms with E-state index in [-0.39, 0.29) is 0 Å². The second-order valence-corrected chi connectivity index (χ2v) is 6.10. The largest absolute Gasteiger partial charge is 0.316 e. The number of hydrogen-bond acceptors (Lipinski definition) is 2. The predicted octanol–water partition coefficient (Wildman–Crippen LogP) is 4.08. The normalized spacial score (nSPS) is 16.4. The molecular formula is C18H30N2. The van der Waals surface area contributed by atoms with Gasteiger partial charge in [-0.2, -0.15) is 0 Å². The third kappa shape index (κ3) is 3.83. The molecule has 0 radical (unpaired) electrons. The predicted molar refractivity (Wildman–Crippen MR) is 86.7 cm³/mol. The summed E-state index contributed by atoms with van der Waals surface area (Å²) in [5.41, 5.74) is 4.50. The molecule has 0 saturated carbocycles. The molecule has 1 N–H and O–H groups in total. The van der Waals surface area contributed by atoms with Crippen molar-refractivity contribution in [2.45, 2.75) is 71.6 Å². The van der Waals surface area contributed by atoms with Crippen LogP contribution in [0.25, 0.3) is 0 Å². The molecule has 0 bridgehead atoms. The van der Waals surface area contributed by atoms with Crippen LogP contribution >= 0.6 is 0 Å². The van der Waals surface area contributed by atoms with Crippen LogP contribution in [0, 0.1) is 0 Å². The van der Waals surface area contributed by atoms with Crippen molar-refractivity contribution in [3.05, 3.63) is 34.9 Å². The van der Waals surface area contributed by atoms with Gasteiger partial charge < -0.3 is 5.32 Å². The molecule has 0 spiro atoms. The molecular weight excluding hydrogens is 244 g/mol. The fourth-order valence-electron chi connectivity index (χ4n) is 3.32. The molecule has 2 rings (SSSR count). The van der Waals surface area contributed by atoms with Crippen molar-refractivity contribution in [3.63, 3.8) is 0 Å². The van der Waals surface area contributed by atoms with Crippen molar-refractivity contribution in [2.75, 3.05) is 7.05 Å². The molecule has 1 unspecified atom stereocenters. The molecule has 0 aromatic heterocycles. The molecule has 2 heteroatoms. The molecule has 0 saturated heterocycles. The second-order valence-electron chi connectivity index (χ2n) is 6.10. The maximum atomic E-state index is 3.24. The lowest BCUT2D eigenvalue weighted by Gasteiger charge is -2.26. The van der Waals surface area contributed by atoms with Crippen LogP contribution in [0.2, 0.25) is 0 Å². The topological polar surface area (TPSA) is 15.3 Å². The van der Waals surface area contributed by atoms with Crippen molar-refractivity contribution >= 4 is 0 Å². The first kappa shape index (κ1) is 15.5. The molecule has 1 aliphatic rings. The van der Waals surface area contributed by atoms with Gasteiger partial charge in [0.15, 0.2) is 0 Å². The molecule has 1 aromatic rings. The molecule has 0 aliphatic carbocycles. The SMILES string of the molecule is CCCCCC(CC)N1Cc2ccc(CNC)cc2C1. The lowest BCUT2D eigenvalue weighted by Crippen LogP contribution is -2.29. The van der Waals surface area contributed by atoms with E-state index < -0.39 is 0 Å². The van der Waals surface area contributed by atoms with E-state index >= 15 is 0 Å². The Hall–Kier alpha value is -0.860. The highest BCUT2D eigenvalue weighted by Gasteiger charge is 2.24. The Balaban J connectivity index is 1.96. The Kier molecular flexibility index (Phi) is 6.06. The molecule has 20 heavy (non-hydrogen) atoms. The molecule has 0 fully saturated rings. The fraction of sp³-hybridized carbons (Fsp3) is 0.667. The van der Waals surface area contributed by atoms with Crippen molar-refractivity contribution in [3.8, 4) is 0 Å². The molecule has 1 aromatic carbocycles. The zero-order chi connectivity index (χ0) is 14.4. The van der Waals surface area contributed by atoms with E-state index in [1.54, 1.807) is 11.1 Å². The zero-order valence-corrected chi connectivity index (χ0v) is 13.4. The number of hydrogen-bond donors (Lipinski definition) is 1. The summed E-state index contributed by atoms with van der Waals surface area (Å²) in [6.07, 6.45) is 6.73. The minimum atomic E-state index is 0.765. The number of benzene rings is 1. The lowest BCUT2D eigenvalue weighted by molar-refractivity contribution is 0.180. The Labute approximate surface area is 124 Å². The first-order chi connectivity index (χ1) is 9.78. The number of fused-ring (bicyclic) bond motifs is 1. The molecule has 1 heterocycles. The summed E-state index contributed by atoms with van der Waals surface area (Å²) in [6.45, 7) is 7.90. The van der Waals surface area contributed by atoms with Crippen LogP contribution in [0.5, 0.6) is 0 Å². The van der Waals surface area contributed by atoms with E-state index in [1.807, 2.05) is 7.05 Å². The van der Waals surface area contributed by atoms with E-state index in [0.29, 0.717) is 0 Å². The molecule has 2 nitrogen and oxygen atoms in total. The standard InChI is InChI=1S/C18H30N2/c1-4-6-7-8-18(5-2)20-13-16-10-9-15(12-19-3)11-17(16)14-20/h9-11,18-19H,4-8,12-14H2,1-3H3. The van der Waals surface area contributed by atoms with Crippen LogP contribution in [0.1, 0.15) is 62.6 Å². The Morgan fingerprint density at radius 3 is 2.65 bits per heavy atom. The lowest BCUT2D eigenvalue weighted by atomic mass is 10.0. The summed E-state index contributed by atoms with van der Waals surface area (Å²) in [5, 5.41) is 3.24. The average molecular weight is 274 g/mol. The van der Waals surface area contributed by atoms with E-state index in [0.717, 1.165) is 25.7 Å². The summed E-state index contributed by atoms with van der Waals surface area (Å²) < 4.78 is 0. The Morgan fingerprint density at radius 2 is 1.95 bits per heavy atom. The first-order valence-corrected chi connectivity index (χ1v) is 8.27. The van der Waals surface area contributed by atoms with Crippen molar-refractivity contribution in [1.29, 1.82) is 0 Å². The quantitative estimate of drug-likeness (QED) is 0.719. The minimum absolute atomic E-state index is 0.765.